The number of benzene rings is 10. The summed E-state index contributed by atoms with van der Waals surface area (Å²) in [6, 6.07) is 84.6. The summed E-state index contributed by atoms with van der Waals surface area (Å²) in [5, 5.41) is 4.99. The van der Waals surface area contributed by atoms with Crippen LogP contribution in [0, 0.1) is 0 Å². The van der Waals surface area contributed by atoms with Crippen molar-refractivity contribution in [2.24, 2.45) is 0 Å². The fourth-order valence-corrected chi connectivity index (χ4v) is 10.4. The van der Waals surface area contributed by atoms with Crippen LogP contribution >= 0.6 is 0 Å². The van der Waals surface area contributed by atoms with E-state index in [1.807, 2.05) is 0 Å². The van der Waals surface area contributed by atoms with E-state index in [4.69, 9.17) is 0 Å². The molecule has 0 radical (unpaired) electrons. The van der Waals surface area contributed by atoms with Gasteiger partial charge >= 0.3 is 0 Å². The zero-order chi connectivity index (χ0) is 40.3. The molecule has 286 valence electrons. The van der Waals surface area contributed by atoms with E-state index in [1.165, 1.54) is 66.1 Å². The SMILES string of the molecule is C1=Cc2ccccc2C2(c3ccccc31)c1cc(N(c3ccccc3)c3ccccc3)ccc1-c1c2c2ccc(N(c3ccccc3)c3ccccc3)cc2c2ccccc12. The molecule has 0 bridgehead atoms. The first-order chi connectivity index (χ1) is 30.3. The second-order valence-electron chi connectivity index (χ2n) is 16.0. The van der Waals surface area contributed by atoms with Gasteiger partial charge in [0.25, 0.3) is 0 Å². The molecule has 0 aliphatic heterocycles. The maximum absolute atomic E-state index is 2.50. The van der Waals surface area contributed by atoms with Crippen LogP contribution in [-0.2, 0) is 5.41 Å². The molecular weight excluding hydrogens is 737 g/mol. The van der Waals surface area contributed by atoms with Crippen molar-refractivity contribution in [3.63, 3.8) is 0 Å². The third-order valence-electron chi connectivity index (χ3n) is 12.8. The molecule has 2 nitrogen and oxygen atoms in total. The summed E-state index contributed by atoms with van der Waals surface area (Å²) in [6.07, 6.45) is 4.65. The first kappa shape index (κ1) is 35.0. The number of anilines is 6. The quantitative estimate of drug-likeness (QED) is 0.155. The first-order valence-corrected chi connectivity index (χ1v) is 21.1. The summed E-state index contributed by atoms with van der Waals surface area (Å²) in [5.41, 5.74) is 16.3. The molecular formula is C59H40N2. The second kappa shape index (κ2) is 14.1. The van der Waals surface area contributed by atoms with Gasteiger partial charge in [-0.2, -0.15) is 0 Å². The molecule has 0 saturated carbocycles. The number of rotatable bonds is 6. The molecule has 0 aromatic heterocycles. The molecule has 2 aliphatic rings. The molecule has 0 atom stereocenters. The number of nitrogens with zero attached hydrogens (tertiary/aromatic N) is 2. The Hall–Kier alpha value is -7.94. The molecule has 0 N–H and O–H groups in total. The zero-order valence-corrected chi connectivity index (χ0v) is 33.5. The zero-order valence-electron chi connectivity index (χ0n) is 33.5. The van der Waals surface area contributed by atoms with Crippen molar-refractivity contribution < 1.29 is 0 Å². The van der Waals surface area contributed by atoms with E-state index in [-0.39, 0.29) is 0 Å². The lowest BCUT2D eigenvalue weighted by Crippen LogP contribution is -2.30. The third kappa shape index (κ3) is 5.36. The monoisotopic (exact) mass is 776 g/mol. The molecule has 0 unspecified atom stereocenters. The molecule has 0 saturated heterocycles. The highest BCUT2D eigenvalue weighted by atomic mass is 15.1. The van der Waals surface area contributed by atoms with Gasteiger partial charge in [-0.25, -0.2) is 0 Å². The van der Waals surface area contributed by atoms with Gasteiger partial charge in [-0.05, 0) is 139 Å². The Bertz CT molecular complexity index is 3170. The van der Waals surface area contributed by atoms with Crippen LogP contribution in [0.15, 0.2) is 231 Å². The van der Waals surface area contributed by atoms with Gasteiger partial charge in [0.05, 0.1) is 5.41 Å². The minimum Gasteiger partial charge on any atom is -0.310 e. The Balaban J connectivity index is 1.22. The largest absolute Gasteiger partial charge is 0.310 e. The van der Waals surface area contributed by atoms with Gasteiger partial charge in [0.2, 0.25) is 0 Å². The Morgan fingerprint density at radius 2 is 0.705 bits per heavy atom. The van der Waals surface area contributed by atoms with Crippen LogP contribution in [0.5, 0.6) is 0 Å². The predicted molar refractivity (Wildman–Crippen MR) is 257 cm³/mol. The van der Waals surface area contributed by atoms with Crippen molar-refractivity contribution in [1.29, 1.82) is 0 Å². The molecule has 2 aliphatic carbocycles. The van der Waals surface area contributed by atoms with Crippen molar-refractivity contribution in [1.82, 2.24) is 0 Å². The smallest absolute Gasteiger partial charge is 0.0732 e. The van der Waals surface area contributed by atoms with E-state index in [0.29, 0.717) is 0 Å². The van der Waals surface area contributed by atoms with E-state index < -0.39 is 5.41 Å². The topological polar surface area (TPSA) is 6.48 Å². The molecule has 10 aromatic rings. The Kier molecular flexibility index (Phi) is 8.11. The Labute approximate surface area is 356 Å². The summed E-state index contributed by atoms with van der Waals surface area (Å²) >= 11 is 0. The van der Waals surface area contributed by atoms with Crippen molar-refractivity contribution >= 4 is 67.8 Å². The summed E-state index contributed by atoms with van der Waals surface area (Å²) in [5.74, 6) is 0. The minimum atomic E-state index is -0.654. The summed E-state index contributed by atoms with van der Waals surface area (Å²) < 4.78 is 0. The van der Waals surface area contributed by atoms with Crippen molar-refractivity contribution in [3.8, 4) is 11.1 Å². The number of fused-ring (bicyclic) bond motifs is 14. The molecule has 0 amide bonds. The third-order valence-corrected chi connectivity index (χ3v) is 12.8. The van der Waals surface area contributed by atoms with Gasteiger partial charge < -0.3 is 9.80 Å². The van der Waals surface area contributed by atoms with E-state index >= 15 is 0 Å². The lowest BCUT2D eigenvalue weighted by atomic mass is 9.65. The molecule has 12 rings (SSSR count). The van der Waals surface area contributed by atoms with Crippen molar-refractivity contribution in [3.05, 3.63) is 264 Å². The minimum absolute atomic E-state index is 0.654. The van der Waals surface area contributed by atoms with Gasteiger partial charge in [0.1, 0.15) is 0 Å². The lowest BCUT2D eigenvalue weighted by molar-refractivity contribution is 0.773. The number of hydrogen-bond donors (Lipinski definition) is 0. The average molecular weight is 777 g/mol. The van der Waals surface area contributed by atoms with Crippen molar-refractivity contribution in [2.45, 2.75) is 5.41 Å². The maximum atomic E-state index is 2.50. The second-order valence-corrected chi connectivity index (χ2v) is 16.0. The van der Waals surface area contributed by atoms with Gasteiger partial charge in [0, 0.05) is 34.1 Å². The highest BCUT2D eigenvalue weighted by Gasteiger charge is 2.50. The summed E-state index contributed by atoms with van der Waals surface area (Å²) in [4.78, 5) is 4.77. The molecule has 0 heterocycles. The summed E-state index contributed by atoms with van der Waals surface area (Å²) in [7, 11) is 0. The van der Waals surface area contributed by atoms with Crippen LogP contribution in [0.1, 0.15) is 33.4 Å². The highest BCUT2D eigenvalue weighted by molar-refractivity contribution is 6.20. The molecule has 10 aromatic carbocycles. The maximum Gasteiger partial charge on any atom is 0.0732 e. The predicted octanol–water partition coefficient (Wildman–Crippen LogP) is 15.8. The average Bonchev–Trinajstić information content (AvgIpc) is 3.55. The van der Waals surface area contributed by atoms with Crippen LogP contribution in [0.4, 0.5) is 34.1 Å². The molecule has 0 fully saturated rings. The highest BCUT2D eigenvalue weighted by Crippen LogP contribution is 2.63. The van der Waals surface area contributed by atoms with Gasteiger partial charge in [-0.15, -0.1) is 0 Å². The van der Waals surface area contributed by atoms with E-state index in [9.17, 15) is 0 Å². The fourth-order valence-electron chi connectivity index (χ4n) is 10.4. The van der Waals surface area contributed by atoms with Crippen LogP contribution in [0.3, 0.4) is 0 Å². The normalized spacial score (nSPS) is 13.0. The number of para-hydroxylation sites is 4. The van der Waals surface area contributed by atoms with E-state index in [0.717, 1.165) is 34.1 Å². The van der Waals surface area contributed by atoms with Crippen molar-refractivity contribution in [2.75, 3.05) is 9.80 Å². The van der Waals surface area contributed by atoms with Crippen LogP contribution < -0.4 is 9.80 Å². The molecule has 2 heteroatoms. The van der Waals surface area contributed by atoms with Crippen LogP contribution in [-0.4, -0.2) is 0 Å². The standard InChI is InChI=1S/C59H40N2/c1-5-21-43(22-6-1)60(44-23-7-2-8-24-44)47-35-37-51-53(39-47)49-29-15-16-30-50(49)57-52-38-36-48(61(45-25-9-3-10-26-45)46-27-11-4-12-28-46)40-56(52)59(58(51)57)54-31-17-13-19-41(54)33-34-42-20-14-18-32-55(42)59/h1-40H. The number of hydrogen-bond acceptors (Lipinski definition) is 2. The Morgan fingerprint density at radius 1 is 0.279 bits per heavy atom. The first-order valence-electron chi connectivity index (χ1n) is 21.1. The Morgan fingerprint density at radius 3 is 1.23 bits per heavy atom. The van der Waals surface area contributed by atoms with E-state index in [2.05, 4.69) is 252 Å². The van der Waals surface area contributed by atoms with Gasteiger partial charge in [-0.1, -0.05) is 170 Å². The van der Waals surface area contributed by atoms with Crippen LogP contribution in [0.25, 0.3) is 44.8 Å². The molecule has 1 spiro atoms. The lowest BCUT2D eigenvalue weighted by Gasteiger charge is -2.37. The van der Waals surface area contributed by atoms with Gasteiger partial charge in [0.15, 0.2) is 0 Å². The van der Waals surface area contributed by atoms with Gasteiger partial charge in [-0.3, -0.25) is 0 Å². The summed E-state index contributed by atoms with van der Waals surface area (Å²) in [6.45, 7) is 0. The van der Waals surface area contributed by atoms with Crippen LogP contribution in [0.2, 0.25) is 0 Å². The molecule has 61 heavy (non-hydrogen) atoms. The fraction of sp³-hybridized carbons (Fsp3) is 0.0169. The van der Waals surface area contributed by atoms with E-state index in [1.54, 1.807) is 0 Å².